The van der Waals surface area contributed by atoms with Gasteiger partial charge >= 0.3 is 6.18 Å². The standard InChI is InChI=1S/C19H17Cl2F3N2/c20-15-8-7-14-13(6-1-2-9-25)17(26-18(14)16(15)21)11-4-3-5-12(10-11)19(22,23)24/h3-5,7-8,10,26H,1-2,6,9,25H2. The lowest BCUT2D eigenvalue weighted by Crippen LogP contribution is -2.04. The molecular formula is C19H17Cl2F3N2. The van der Waals surface area contributed by atoms with Gasteiger partial charge < -0.3 is 10.7 Å². The van der Waals surface area contributed by atoms with Crippen LogP contribution >= 0.6 is 23.2 Å². The largest absolute Gasteiger partial charge is 0.416 e. The minimum Gasteiger partial charge on any atom is -0.353 e. The fourth-order valence-corrected chi connectivity index (χ4v) is 3.43. The van der Waals surface area contributed by atoms with Gasteiger partial charge in [0.15, 0.2) is 0 Å². The molecule has 0 saturated carbocycles. The summed E-state index contributed by atoms with van der Waals surface area (Å²) in [5, 5.41) is 1.62. The highest BCUT2D eigenvalue weighted by Gasteiger charge is 2.30. The van der Waals surface area contributed by atoms with E-state index in [-0.39, 0.29) is 0 Å². The van der Waals surface area contributed by atoms with E-state index in [0.29, 0.717) is 39.8 Å². The van der Waals surface area contributed by atoms with Crippen LogP contribution in [0.1, 0.15) is 24.0 Å². The van der Waals surface area contributed by atoms with Crippen molar-refractivity contribution >= 4 is 34.1 Å². The summed E-state index contributed by atoms with van der Waals surface area (Å²) in [6.07, 6.45) is -2.06. The molecule has 0 amide bonds. The molecule has 0 unspecified atom stereocenters. The Morgan fingerprint density at radius 1 is 1.04 bits per heavy atom. The zero-order chi connectivity index (χ0) is 18.9. The Morgan fingerprint density at radius 3 is 2.50 bits per heavy atom. The van der Waals surface area contributed by atoms with E-state index >= 15 is 0 Å². The molecule has 0 atom stereocenters. The Hall–Kier alpha value is -1.69. The first-order valence-corrected chi connectivity index (χ1v) is 8.94. The van der Waals surface area contributed by atoms with Gasteiger partial charge in [0.2, 0.25) is 0 Å². The molecule has 2 aromatic carbocycles. The van der Waals surface area contributed by atoms with E-state index in [9.17, 15) is 13.2 Å². The molecule has 0 bridgehead atoms. The van der Waals surface area contributed by atoms with Crippen LogP contribution in [0.3, 0.4) is 0 Å². The van der Waals surface area contributed by atoms with Gasteiger partial charge in [0.1, 0.15) is 0 Å². The maximum atomic E-state index is 13.1. The van der Waals surface area contributed by atoms with Crippen LogP contribution in [0.5, 0.6) is 0 Å². The first-order valence-electron chi connectivity index (χ1n) is 8.19. The third-order valence-electron chi connectivity index (χ3n) is 4.33. The maximum Gasteiger partial charge on any atom is 0.416 e. The summed E-state index contributed by atoms with van der Waals surface area (Å²) in [6.45, 7) is 0.563. The zero-order valence-electron chi connectivity index (χ0n) is 13.8. The molecule has 1 aromatic heterocycles. The molecule has 3 aromatic rings. The zero-order valence-corrected chi connectivity index (χ0v) is 15.3. The number of aromatic amines is 1. The smallest absolute Gasteiger partial charge is 0.353 e. The second-order valence-corrected chi connectivity index (χ2v) is 6.87. The van der Waals surface area contributed by atoms with Gasteiger partial charge in [-0.15, -0.1) is 0 Å². The predicted octanol–water partition coefficient (Wildman–Crippen LogP) is 6.44. The summed E-state index contributed by atoms with van der Waals surface area (Å²) in [4.78, 5) is 3.18. The molecule has 0 saturated heterocycles. The number of alkyl halides is 3. The molecule has 26 heavy (non-hydrogen) atoms. The summed E-state index contributed by atoms with van der Waals surface area (Å²) in [6, 6.07) is 8.80. The highest BCUT2D eigenvalue weighted by Crippen LogP contribution is 2.39. The van der Waals surface area contributed by atoms with Crippen molar-refractivity contribution in [1.82, 2.24) is 4.98 Å². The number of aromatic nitrogens is 1. The Kier molecular flexibility index (Phi) is 5.51. The van der Waals surface area contributed by atoms with E-state index in [0.717, 1.165) is 35.9 Å². The van der Waals surface area contributed by atoms with Crippen molar-refractivity contribution in [2.24, 2.45) is 5.73 Å². The predicted molar refractivity (Wildman–Crippen MR) is 101 cm³/mol. The summed E-state index contributed by atoms with van der Waals surface area (Å²) >= 11 is 12.4. The van der Waals surface area contributed by atoms with Gasteiger partial charge in [-0.05, 0) is 55.1 Å². The highest BCUT2D eigenvalue weighted by atomic mass is 35.5. The highest BCUT2D eigenvalue weighted by molar-refractivity contribution is 6.45. The van der Waals surface area contributed by atoms with E-state index in [1.54, 1.807) is 12.1 Å². The van der Waals surface area contributed by atoms with Crippen molar-refractivity contribution in [2.45, 2.75) is 25.4 Å². The van der Waals surface area contributed by atoms with Crippen LogP contribution in [-0.4, -0.2) is 11.5 Å². The average molecular weight is 401 g/mol. The Balaban J connectivity index is 2.18. The topological polar surface area (TPSA) is 41.8 Å². The summed E-state index contributed by atoms with van der Waals surface area (Å²) in [5.41, 5.74) is 7.53. The van der Waals surface area contributed by atoms with Crippen molar-refractivity contribution in [3.63, 3.8) is 0 Å². The molecule has 2 nitrogen and oxygen atoms in total. The maximum absolute atomic E-state index is 13.1. The summed E-state index contributed by atoms with van der Waals surface area (Å²) < 4.78 is 39.3. The van der Waals surface area contributed by atoms with Gasteiger partial charge in [0.25, 0.3) is 0 Å². The first-order chi connectivity index (χ1) is 12.3. The molecule has 1 heterocycles. The molecule has 0 spiro atoms. The molecule has 0 aliphatic rings. The van der Waals surface area contributed by atoms with Gasteiger partial charge in [-0.2, -0.15) is 13.2 Å². The van der Waals surface area contributed by atoms with Gasteiger partial charge in [-0.25, -0.2) is 0 Å². The van der Waals surface area contributed by atoms with Crippen molar-refractivity contribution in [3.8, 4) is 11.3 Å². The number of rotatable bonds is 5. The third kappa shape index (κ3) is 3.70. The Morgan fingerprint density at radius 2 is 1.81 bits per heavy atom. The number of aryl methyl sites for hydroxylation is 1. The fraction of sp³-hybridized carbons (Fsp3) is 0.263. The Labute approximate surface area is 159 Å². The Bertz CT molecular complexity index is 932. The minimum absolute atomic E-state index is 0.363. The fourth-order valence-electron chi connectivity index (χ4n) is 3.06. The van der Waals surface area contributed by atoms with E-state index < -0.39 is 11.7 Å². The molecule has 3 N–H and O–H groups in total. The number of benzene rings is 2. The lowest BCUT2D eigenvalue weighted by atomic mass is 9.99. The van der Waals surface area contributed by atoms with Crippen LogP contribution in [-0.2, 0) is 12.6 Å². The average Bonchev–Trinajstić information content (AvgIpc) is 2.97. The number of halogens is 5. The lowest BCUT2D eigenvalue weighted by molar-refractivity contribution is -0.137. The molecule has 0 aliphatic heterocycles. The number of hydrogen-bond acceptors (Lipinski definition) is 1. The number of nitrogens with two attached hydrogens (primary N) is 1. The van der Waals surface area contributed by atoms with Crippen LogP contribution in [0.4, 0.5) is 13.2 Å². The number of hydrogen-bond donors (Lipinski definition) is 2. The van der Waals surface area contributed by atoms with Gasteiger partial charge in [0.05, 0.1) is 21.1 Å². The monoisotopic (exact) mass is 400 g/mol. The van der Waals surface area contributed by atoms with E-state index in [2.05, 4.69) is 4.98 Å². The van der Waals surface area contributed by atoms with Gasteiger partial charge in [-0.1, -0.05) is 41.4 Å². The van der Waals surface area contributed by atoms with Crippen LogP contribution in [0.25, 0.3) is 22.2 Å². The van der Waals surface area contributed by atoms with Gasteiger partial charge in [-0.3, -0.25) is 0 Å². The summed E-state index contributed by atoms with van der Waals surface area (Å²) in [5.74, 6) is 0. The normalized spacial score (nSPS) is 12.1. The minimum atomic E-state index is -4.40. The van der Waals surface area contributed by atoms with Crippen LogP contribution < -0.4 is 5.73 Å². The van der Waals surface area contributed by atoms with Crippen LogP contribution in [0, 0.1) is 0 Å². The molecule has 138 valence electrons. The molecule has 3 rings (SSSR count). The lowest BCUT2D eigenvalue weighted by Gasteiger charge is -2.10. The van der Waals surface area contributed by atoms with Crippen molar-refractivity contribution < 1.29 is 13.2 Å². The van der Waals surface area contributed by atoms with E-state index in [1.165, 1.54) is 6.07 Å². The van der Waals surface area contributed by atoms with Gasteiger partial charge in [0, 0.05) is 11.1 Å². The van der Waals surface area contributed by atoms with Crippen LogP contribution in [0.15, 0.2) is 36.4 Å². The molecule has 7 heteroatoms. The van der Waals surface area contributed by atoms with Crippen LogP contribution in [0.2, 0.25) is 10.0 Å². The molecule has 0 aliphatic carbocycles. The van der Waals surface area contributed by atoms with Crippen molar-refractivity contribution in [3.05, 3.63) is 57.6 Å². The first kappa shape index (κ1) is 19.1. The second kappa shape index (κ2) is 7.51. The number of fused-ring (bicyclic) bond motifs is 1. The summed E-state index contributed by atoms with van der Waals surface area (Å²) in [7, 11) is 0. The number of unbranched alkanes of at least 4 members (excludes halogenated alkanes) is 1. The number of H-pyrrole nitrogens is 1. The van der Waals surface area contributed by atoms with Crippen molar-refractivity contribution in [2.75, 3.05) is 6.54 Å². The SMILES string of the molecule is NCCCCc1c(-c2cccc(C(F)(F)F)c2)[nH]c2c(Cl)c(Cl)ccc12. The second-order valence-electron chi connectivity index (χ2n) is 6.09. The van der Waals surface area contributed by atoms with Crippen molar-refractivity contribution in [1.29, 1.82) is 0 Å². The van der Waals surface area contributed by atoms with E-state index in [4.69, 9.17) is 28.9 Å². The third-order valence-corrected chi connectivity index (χ3v) is 5.14. The number of nitrogens with one attached hydrogen (secondary N) is 1. The quantitative estimate of drug-likeness (QED) is 0.475. The molecular weight excluding hydrogens is 384 g/mol. The molecule has 0 fully saturated rings. The van der Waals surface area contributed by atoms with E-state index in [1.807, 2.05) is 6.07 Å². The molecule has 0 radical (unpaired) electrons.